The van der Waals surface area contributed by atoms with E-state index in [0.717, 1.165) is 13.0 Å². The fraction of sp³-hybridized carbons (Fsp3) is 0.312. The first kappa shape index (κ1) is 13.2. The summed E-state index contributed by atoms with van der Waals surface area (Å²) in [5.74, 6) is -0.212. The first-order chi connectivity index (χ1) is 9.70. The molecule has 2 aromatic rings. The van der Waals surface area contributed by atoms with Gasteiger partial charge in [-0.25, -0.2) is 4.79 Å². The highest BCUT2D eigenvalue weighted by Gasteiger charge is 2.22. The molecule has 0 atom stereocenters. The average molecular weight is 287 g/mol. The number of hydrogen-bond acceptors (Lipinski definition) is 4. The summed E-state index contributed by atoms with van der Waals surface area (Å²) in [5.41, 5.74) is 3.68. The van der Waals surface area contributed by atoms with Crippen LogP contribution in [0.15, 0.2) is 30.3 Å². The summed E-state index contributed by atoms with van der Waals surface area (Å²) in [7, 11) is 2.11. The third kappa shape index (κ3) is 2.20. The fourth-order valence-corrected chi connectivity index (χ4v) is 3.69. The Morgan fingerprint density at radius 3 is 3.00 bits per heavy atom. The topological polar surface area (TPSA) is 29.5 Å². The molecule has 3 nitrogen and oxygen atoms in total. The van der Waals surface area contributed by atoms with E-state index < -0.39 is 0 Å². The van der Waals surface area contributed by atoms with Gasteiger partial charge in [0.05, 0.1) is 6.61 Å². The van der Waals surface area contributed by atoms with E-state index in [-0.39, 0.29) is 5.97 Å². The molecule has 0 N–H and O–H groups in total. The minimum absolute atomic E-state index is 0.212. The number of anilines is 1. The van der Waals surface area contributed by atoms with Crippen molar-refractivity contribution in [1.82, 2.24) is 0 Å². The number of ether oxygens (including phenoxy) is 1. The Morgan fingerprint density at radius 1 is 1.40 bits per heavy atom. The Balaban J connectivity index is 2.09. The van der Waals surface area contributed by atoms with Gasteiger partial charge in [0.1, 0.15) is 4.88 Å². The van der Waals surface area contributed by atoms with Crippen LogP contribution >= 0.6 is 11.3 Å². The van der Waals surface area contributed by atoms with E-state index in [0.29, 0.717) is 11.5 Å². The number of fused-ring (bicyclic) bond motifs is 3. The zero-order chi connectivity index (χ0) is 14.1. The summed E-state index contributed by atoms with van der Waals surface area (Å²) in [6.45, 7) is 3.21. The average Bonchev–Trinajstić information content (AvgIpc) is 2.84. The lowest BCUT2D eigenvalue weighted by atomic mass is 10.1. The number of benzene rings is 1. The first-order valence-electron chi connectivity index (χ1n) is 6.81. The minimum atomic E-state index is -0.212. The van der Waals surface area contributed by atoms with Crippen LogP contribution < -0.4 is 4.90 Å². The number of thiophene rings is 1. The van der Waals surface area contributed by atoms with Crippen LogP contribution in [-0.4, -0.2) is 26.2 Å². The number of hydrogen-bond donors (Lipinski definition) is 0. The summed E-state index contributed by atoms with van der Waals surface area (Å²) < 4.78 is 5.11. The number of esters is 1. The second-order valence-electron chi connectivity index (χ2n) is 4.87. The maximum atomic E-state index is 11.9. The quantitative estimate of drug-likeness (QED) is 0.791. The summed E-state index contributed by atoms with van der Waals surface area (Å²) in [5, 5.41) is 0. The molecule has 1 aliphatic heterocycles. The molecule has 20 heavy (non-hydrogen) atoms. The number of rotatable bonds is 2. The molecule has 104 valence electrons. The number of likely N-dealkylation sites (N-methyl/N-ethyl adjacent to an activating group) is 1. The molecule has 0 fully saturated rings. The Labute approximate surface area is 122 Å². The molecule has 0 spiro atoms. The van der Waals surface area contributed by atoms with Crippen LogP contribution in [-0.2, 0) is 11.2 Å². The number of nitrogens with zero attached hydrogens (tertiary/aromatic N) is 1. The molecule has 4 heteroatoms. The molecule has 1 aromatic heterocycles. The third-order valence-corrected chi connectivity index (χ3v) is 4.75. The molecule has 0 amide bonds. The highest BCUT2D eigenvalue weighted by atomic mass is 32.1. The van der Waals surface area contributed by atoms with Gasteiger partial charge in [0, 0.05) is 29.7 Å². The monoisotopic (exact) mass is 287 g/mol. The van der Waals surface area contributed by atoms with Crippen molar-refractivity contribution < 1.29 is 9.53 Å². The molecule has 3 rings (SSSR count). The molecule has 0 radical (unpaired) electrons. The van der Waals surface area contributed by atoms with Gasteiger partial charge in [-0.05, 0) is 31.0 Å². The van der Waals surface area contributed by atoms with Crippen LogP contribution in [0.3, 0.4) is 0 Å². The lowest BCUT2D eigenvalue weighted by Gasteiger charge is -2.18. The first-order valence-corrected chi connectivity index (χ1v) is 7.62. The van der Waals surface area contributed by atoms with E-state index in [4.69, 9.17) is 4.74 Å². The number of carbonyl (C=O) groups excluding carboxylic acids is 1. The molecule has 2 heterocycles. The van der Waals surface area contributed by atoms with E-state index in [1.165, 1.54) is 21.7 Å². The summed E-state index contributed by atoms with van der Waals surface area (Å²) >= 11 is 1.54. The van der Waals surface area contributed by atoms with Crippen molar-refractivity contribution in [2.24, 2.45) is 0 Å². The zero-order valence-electron chi connectivity index (χ0n) is 11.7. The van der Waals surface area contributed by atoms with Gasteiger partial charge in [-0.3, -0.25) is 0 Å². The van der Waals surface area contributed by atoms with Crippen molar-refractivity contribution in [3.05, 3.63) is 40.8 Å². The molecule has 0 bridgehead atoms. The predicted molar refractivity (Wildman–Crippen MR) is 82.7 cm³/mol. The van der Waals surface area contributed by atoms with Crippen molar-refractivity contribution >= 4 is 23.0 Å². The smallest absolute Gasteiger partial charge is 0.348 e. The van der Waals surface area contributed by atoms with Crippen LogP contribution in [0.1, 0.15) is 22.2 Å². The predicted octanol–water partition coefficient (Wildman–Crippen LogP) is 3.58. The van der Waals surface area contributed by atoms with E-state index >= 15 is 0 Å². The highest BCUT2D eigenvalue weighted by molar-refractivity contribution is 7.17. The van der Waals surface area contributed by atoms with E-state index in [1.807, 2.05) is 19.1 Å². The Hall–Kier alpha value is -1.81. The van der Waals surface area contributed by atoms with Crippen molar-refractivity contribution in [1.29, 1.82) is 0 Å². The molecule has 1 aliphatic rings. The minimum Gasteiger partial charge on any atom is -0.462 e. The Morgan fingerprint density at radius 2 is 2.20 bits per heavy atom. The van der Waals surface area contributed by atoms with Gasteiger partial charge in [0.15, 0.2) is 0 Å². The van der Waals surface area contributed by atoms with Crippen molar-refractivity contribution in [3.63, 3.8) is 0 Å². The van der Waals surface area contributed by atoms with Crippen molar-refractivity contribution in [3.8, 4) is 10.4 Å². The van der Waals surface area contributed by atoms with E-state index in [1.54, 1.807) is 11.3 Å². The van der Waals surface area contributed by atoms with Gasteiger partial charge in [0.25, 0.3) is 0 Å². The maximum Gasteiger partial charge on any atom is 0.348 e. The van der Waals surface area contributed by atoms with Gasteiger partial charge in [-0.15, -0.1) is 11.3 Å². The van der Waals surface area contributed by atoms with Gasteiger partial charge in [-0.2, -0.15) is 0 Å². The van der Waals surface area contributed by atoms with Gasteiger partial charge >= 0.3 is 5.97 Å². The normalized spacial score (nSPS) is 13.4. The summed E-state index contributed by atoms with van der Waals surface area (Å²) in [6, 6.07) is 10.4. The van der Waals surface area contributed by atoms with Crippen LogP contribution in [0.5, 0.6) is 0 Å². The van der Waals surface area contributed by atoms with E-state index in [2.05, 4.69) is 30.1 Å². The van der Waals surface area contributed by atoms with Crippen molar-refractivity contribution in [2.75, 3.05) is 25.1 Å². The summed E-state index contributed by atoms with van der Waals surface area (Å²) in [4.78, 5) is 16.1. The molecule has 1 aromatic carbocycles. The second kappa shape index (κ2) is 5.29. The van der Waals surface area contributed by atoms with Crippen molar-refractivity contribution in [2.45, 2.75) is 13.3 Å². The fourth-order valence-electron chi connectivity index (χ4n) is 2.55. The lowest BCUT2D eigenvalue weighted by molar-refractivity contribution is 0.0532. The van der Waals surface area contributed by atoms with Crippen LogP contribution in [0, 0.1) is 0 Å². The van der Waals surface area contributed by atoms with Crippen LogP contribution in [0.25, 0.3) is 10.4 Å². The van der Waals surface area contributed by atoms with Gasteiger partial charge < -0.3 is 9.64 Å². The standard InChI is InChI=1S/C16H17NO2S/c1-3-19-16(18)14-10-11-8-9-17(2)13-7-5-4-6-12(13)15(11)20-14/h4-7,10H,3,8-9H2,1-2H3. The maximum absolute atomic E-state index is 11.9. The summed E-state index contributed by atoms with van der Waals surface area (Å²) in [6.07, 6.45) is 0.955. The lowest BCUT2D eigenvalue weighted by Crippen LogP contribution is -2.19. The highest BCUT2D eigenvalue weighted by Crippen LogP contribution is 2.40. The molecule has 0 unspecified atom stereocenters. The van der Waals surface area contributed by atoms with Gasteiger partial charge in [-0.1, -0.05) is 18.2 Å². The molecule has 0 aliphatic carbocycles. The largest absolute Gasteiger partial charge is 0.462 e. The second-order valence-corrected chi connectivity index (χ2v) is 5.93. The molecular formula is C16H17NO2S. The third-order valence-electron chi connectivity index (χ3n) is 3.56. The SMILES string of the molecule is CCOC(=O)c1cc2c(s1)-c1ccccc1N(C)CC2. The van der Waals surface area contributed by atoms with Crippen LogP contribution in [0.4, 0.5) is 5.69 Å². The van der Waals surface area contributed by atoms with Crippen LogP contribution in [0.2, 0.25) is 0 Å². The molecule has 0 saturated carbocycles. The molecular weight excluding hydrogens is 270 g/mol. The zero-order valence-corrected chi connectivity index (χ0v) is 12.5. The Bertz CT molecular complexity index is 648. The Kier molecular flexibility index (Phi) is 3.49. The van der Waals surface area contributed by atoms with Gasteiger partial charge in [0.2, 0.25) is 0 Å². The number of carbonyl (C=O) groups is 1. The van der Waals surface area contributed by atoms with E-state index in [9.17, 15) is 4.79 Å². The molecule has 0 saturated heterocycles. The number of para-hydroxylation sites is 1.